The van der Waals surface area contributed by atoms with E-state index in [-0.39, 0.29) is 12.4 Å². The molecular weight excluding hydrogens is 264 g/mol. The van der Waals surface area contributed by atoms with Gasteiger partial charge in [0.15, 0.2) is 0 Å². The third kappa shape index (κ3) is 2.97. The third-order valence-corrected chi connectivity index (χ3v) is 3.44. The lowest BCUT2D eigenvalue weighted by Gasteiger charge is -2.03. The van der Waals surface area contributed by atoms with Gasteiger partial charge in [0.1, 0.15) is 11.3 Å². The molecule has 0 radical (unpaired) electrons. The Balaban J connectivity index is 1.79. The Labute approximate surface area is 123 Å². The standard InChI is InChI=1S/C18H16O3/c1-2-13-8-9-17-16(10-13)14(12-20-17)11-18(19)21-15-6-4-3-5-7-15/h3-10,12H,2,11H2,1H3. The van der Waals surface area contributed by atoms with Crippen molar-refractivity contribution in [2.45, 2.75) is 19.8 Å². The number of fused-ring (bicyclic) bond motifs is 1. The summed E-state index contributed by atoms with van der Waals surface area (Å²) in [5.41, 5.74) is 2.89. The van der Waals surface area contributed by atoms with Gasteiger partial charge in [-0.2, -0.15) is 0 Å². The molecule has 0 fully saturated rings. The molecule has 0 atom stereocenters. The fourth-order valence-corrected chi connectivity index (χ4v) is 2.30. The van der Waals surface area contributed by atoms with Gasteiger partial charge in [0.05, 0.1) is 12.7 Å². The van der Waals surface area contributed by atoms with Gasteiger partial charge in [-0.15, -0.1) is 0 Å². The summed E-state index contributed by atoms with van der Waals surface area (Å²) < 4.78 is 10.8. The first-order chi connectivity index (χ1) is 10.3. The number of hydrogen-bond acceptors (Lipinski definition) is 3. The molecule has 0 bridgehead atoms. The number of hydrogen-bond donors (Lipinski definition) is 0. The number of furan rings is 1. The van der Waals surface area contributed by atoms with Crippen molar-refractivity contribution in [1.82, 2.24) is 0 Å². The average molecular weight is 280 g/mol. The molecule has 21 heavy (non-hydrogen) atoms. The van der Waals surface area contributed by atoms with E-state index in [2.05, 4.69) is 13.0 Å². The minimum Gasteiger partial charge on any atom is -0.464 e. The van der Waals surface area contributed by atoms with Gasteiger partial charge in [0.2, 0.25) is 0 Å². The maximum atomic E-state index is 12.0. The lowest BCUT2D eigenvalue weighted by molar-refractivity contribution is -0.133. The van der Waals surface area contributed by atoms with Crippen molar-refractivity contribution in [1.29, 1.82) is 0 Å². The van der Waals surface area contributed by atoms with Gasteiger partial charge in [-0.25, -0.2) is 0 Å². The topological polar surface area (TPSA) is 39.4 Å². The number of rotatable bonds is 4. The molecule has 0 saturated heterocycles. The highest BCUT2D eigenvalue weighted by molar-refractivity contribution is 5.86. The van der Waals surface area contributed by atoms with Crippen LogP contribution in [0.15, 0.2) is 59.2 Å². The highest BCUT2D eigenvalue weighted by Gasteiger charge is 2.12. The molecule has 2 aromatic carbocycles. The zero-order valence-electron chi connectivity index (χ0n) is 11.8. The van der Waals surface area contributed by atoms with Crippen LogP contribution in [0.1, 0.15) is 18.1 Å². The van der Waals surface area contributed by atoms with E-state index in [0.717, 1.165) is 23.0 Å². The van der Waals surface area contributed by atoms with E-state index >= 15 is 0 Å². The molecule has 0 saturated carbocycles. The molecule has 0 N–H and O–H groups in total. The average Bonchev–Trinajstić information content (AvgIpc) is 2.90. The smallest absolute Gasteiger partial charge is 0.315 e. The van der Waals surface area contributed by atoms with Crippen LogP contribution in [0.3, 0.4) is 0 Å². The van der Waals surface area contributed by atoms with Crippen LogP contribution in [-0.4, -0.2) is 5.97 Å². The molecule has 0 unspecified atom stereocenters. The Kier molecular flexibility index (Phi) is 3.73. The van der Waals surface area contributed by atoms with Gasteiger partial charge in [-0.3, -0.25) is 4.79 Å². The van der Waals surface area contributed by atoms with Gasteiger partial charge in [-0.05, 0) is 36.2 Å². The van der Waals surface area contributed by atoms with Gasteiger partial charge in [0.25, 0.3) is 0 Å². The summed E-state index contributed by atoms with van der Waals surface area (Å²) in [7, 11) is 0. The first kappa shape index (κ1) is 13.4. The summed E-state index contributed by atoms with van der Waals surface area (Å²) in [5.74, 6) is 0.273. The van der Waals surface area contributed by atoms with Crippen molar-refractivity contribution in [2.75, 3.05) is 0 Å². The molecule has 3 rings (SSSR count). The van der Waals surface area contributed by atoms with Crippen LogP contribution in [0, 0.1) is 0 Å². The SMILES string of the molecule is CCc1ccc2occ(CC(=O)Oc3ccccc3)c2c1. The maximum Gasteiger partial charge on any atom is 0.315 e. The Morgan fingerprint density at radius 2 is 1.95 bits per heavy atom. The number of esters is 1. The molecule has 3 nitrogen and oxygen atoms in total. The molecule has 3 aromatic rings. The first-order valence-electron chi connectivity index (χ1n) is 7.01. The Morgan fingerprint density at radius 3 is 2.71 bits per heavy atom. The minimum atomic E-state index is -0.286. The predicted molar refractivity (Wildman–Crippen MR) is 81.4 cm³/mol. The van der Waals surface area contributed by atoms with Crippen LogP contribution >= 0.6 is 0 Å². The molecule has 1 aromatic heterocycles. The minimum absolute atomic E-state index is 0.203. The third-order valence-electron chi connectivity index (χ3n) is 3.44. The Morgan fingerprint density at radius 1 is 1.14 bits per heavy atom. The van der Waals surface area contributed by atoms with E-state index in [4.69, 9.17) is 9.15 Å². The van der Waals surface area contributed by atoms with E-state index in [9.17, 15) is 4.79 Å². The summed E-state index contributed by atoms with van der Waals surface area (Å²) >= 11 is 0. The molecule has 0 aliphatic heterocycles. The van der Waals surface area contributed by atoms with Crippen molar-refractivity contribution in [3.05, 3.63) is 65.9 Å². The summed E-state index contributed by atoms with van der Waals surface area (Å²) in [6, 6.07) is 15.1. The lowest BCUT2D eigenvalue weighted by Crippen LogP contribution is -2.10. The van der Waals surface area contributed by atoms with Gasteiger partial charge < -0.3 is 9.15 Å². The second-order valence-corrected chi connectivity index (χ2v) is 4.91. The lowest BCUT2D eigenvalue weighted by atomic mass is 10.1. The monoisotopic (exact) mass is 280 g/mol. The number of carbonyl (C=O) groups excluding carboxylic acids is 1. The highest BCUT2D eigenvalue weighted by atomic mass is 16.5. The van der Waals surface area contributed by atoms with Crippen molar-refractivity contribution in [2.24, 2.45) is 0 Å². The summed E-state index contributed by atoms with van der Waals surface area (Å²) in [6.07, 6.45) is 2.79. The quantitative estimate of drug-likeness (QED) is 0.532. The summed E-state index contributed by atoms with van der Waals surface area (Å²) in [5, 5.41) is 0.986. The summed E-state index contributed by atoms with van der Waals surface area (Å²) in [4.78, 5) is 12.0. The highest BCUT2D eigenvalue weighted by Crippen LogP contribution is 2.23. The molecule has 0 amide bonds. The molecule has 106 valence electrons. The number of benzene rings is 2. The normalized spacial score (nSPS) is 10.7. The second-order valence-electron chi connectivity index (χ2n) is 4.91. The molecule has 0 spiro atoms. The molecular formula is C18H16O3. The van der Waals surface area contributed by atoms with Gasteiger partial charge in [0, 0.05) is 10.9 Å². The summed E-state index contributed by atoms with van der Waals surface area (Å²) in [6.45, 7) is 2.10. The Bertz CT molecular complexity index is 756. The maximum absolute atomic E-state index is 12.0. The number of aryl methyl sites for hydroxylation is 1. The van der Waals surface area contributed by atoms with Crippen LogP contribution in [0.2, 0.25) is 0 Å². The van der Waals surface area contributed by atoms with Crippen molar-refractivity contribution in [3.63, 3.8) is 0 Å². The van der Waals surface area contributed by atoms with Crippen molar-refractivity contribution >= 4 is 16.9 Å². The molecule has 3 heteroatoms. The zero-order valence-corrected chi connectivity index (χ0v) is 11.8. The van der Waals surface area contributed by atoms with E-state index in [1.54, 1.807) is 18.4 Å². The Hall–Kier alpha value is -2.55. The van der Waals surface area contributed by atoms with Crippen LogP contribution in [-0.2, 0) is 17.6 Å². The molecule has 0 aliphatic rings. The van der Waals surface area contributed by atoms with Gasteiger partial charge >= 0.3 is 5.97 Å². The van der Waals surface area contributed by atoms with E-state index in [1.165, 1.54) is 5.56 Å². The van der Waals surface area contributed by atoms with Crippen LogP contribution < -0.4 is 4.74 Å². The fourth-order valence-electron chi connectivity index (χ4n) is 2.30. The largest absolute Gasteiger partial charge is 0.464 e. The first-order valence-corrected chi connectivity index (χ1v) is 7.01. The molecule has 1 heterocycles. The van der Waals surface area contributed by atoms with Gasteiger partial charge in [-0.1, -0.05) is 31.2 Å². The fraction of sp³-hybridized carbons (Fsp3) is 0.167. The van der Waals surface area contributed by atoms with Crippen LogP contribution in [0.25, 0.3) is 11.0 Å². The van der Waals surface area contributed by atoms with E-state index in [0.29, 0.717) is 5.75 Å². The van der Waals surface area contributed by atoms with E-state index < -0.39 is 0 Å². The predicted octanol–water partition coefficient (Wildman–Crippen LogP) is 4.14. The van der Waals surface area contributed by atoms with Crippen LogP contribution in [0.4, 0.5) is 0 Å². The van der Waals surface area contributed by atoms with Crippen molar-refractivity contribution < 1.29 is 13.9 Å². The molecule has 0 aliphatic carbocycles. The van der Waals surface area contributed by atoms with Crippen molar-refractivity contribution in [3.8, 4) is 5.75 Å². The van der Waals surface area contributed by atoms with E-state index in [1.807, 2.05) is 30.3 Å². The number of carbonyl (C=O) groups is 1. The zero-order chi connectivity index (χ0) is 14.7. The number of ether oxygens (including phenoxy) is 1. The number of para-hydroxylation sites is 1. The second kappa shape index (κ2) is 5.83. The van der Waals surface area contributed by atoms with Crippen LogP contribution in [0.5, 0.6) is 5.75 Å².